The molecule has 0 radical (unpaired) electrons. The number of ketones is 1. The summed E-state index contributed by atoms with van der Waals surface area (Å²) in [4.78, 5) is 23.2. The lowest BCUT2D eigenvalue weighted by Gasteiger charge is -2.16. The molecule has 0 bridgehead atoms. The van der Waals surface area contributed by atoms with Gasteiger partial charge in [0.15, 0.2) is 0 Å². The fourth-order valence-electron chi connectivity index (χ4n) is 3.90. The van der Waals surface area contributed by atoms with E-state index < -0.39 is 12.1 Å². The third kappa shape index (κ3) is 5.61. The second-order valence-corrected chi connectivity index (χ2v) is 7.56. The number of aliphatic hydroxyl groups excluding tert-OH is 1. The second kappa shape index (κ2) is 9.61. The maximum atomic E-state index is 13.7. The Morgan fingerprint density at radius 1 is 1.17 bits per heavy atom. The summed E-state index contributed by atoms with van der Waals surface area (Å²) in [5.41, 5.74) is 1.71. The minimum absolute atomic E-state index is 0.0658. The molecule has 1 saturated carbocycles. The van der Waals surface area contributed by atoms with Crippen molar-refractivity contribution in [2.45, 2.75) is 38.2 Å². The van der Waals surface area contributed by atoms with Gasteiger partial charge in [-0.05, 0) is 54.5 Å². The largest absolute Gasteiger partial charge is 0.478 e. The number of hydrogen-bond donors (Lipinski definition) is 2. The topological polar surface area (TPSA) is 74.6 Å². The van der Waals surface area contributed by atoms with Crippen molar-refractivity contribution in [2.24, 2.45) is 11.8 Å². The van der Waals surface area contributed by atoms with Crippen LogP contribution in [0.25, 0.3) is 0 Å². The lowest BCUT2D eigenvalue weighted by atomic mass is 9.88. The van der Waals surface area contributed by atoms with E-state index in [-0.39, 0.29) is 35.4 Å². The van der Waals surface area contributed by atoms with Crippen LogP contribution in [-0.2, 0) is 17.6 Å². The first-order valence-corrected chi connectivity index (χ1v) is 9.89. The van der Waals surface area contributed by atoms with E-state index in [2.05, 4.69) is 0 Å². The van der Waals surface area contributed by atoms with E-state index in [0.717, 1.165) is 12.0 Å². The number of aliphatic hydroxyl groups is 1. The molecule has 0 saturated heterocycles. The van der Waals surface area contributed by atoms with Crippen molar-refractivity contribution < 1.29 is 24.2 Å². The highest BCUT2D eigenvalue weighted by Crippen LogP contribution is 2.33. The van der Waals surface area contributed by atoms with Gasteiger partial charge in [0.25, 0.3) is 0 Å². The number of aryl methyl sites for hydroxylation is 1. The van der Waals surface area contributed by atoms with Gasteiger partial charge in [0.1, 0.15) is 11.6 Å². The molecular weight excluding hydrogens is 371 g/mol. The molecule has 5 heteroatoms. The van der Waals surface area contributed by atoms with Crippen molar-refractivity contribution >= 4 is 11.8 Å². The lowest BCUT2D eigenvalue weighted by molar-refractivity contribution is -0.121. The smallest absolute Gasteiger partial charge is 0.335 e. The van der Waals surface area contributed by atoms with Crippen molar-refractivity contribution in [1.82, 2.24) is 0 Å². The Morgan fingerprint density at radius 2 is 1.90 bits per heavy atom. The maximum absolute atomic E-state index is 13.7. The minimum atomic E-state index is -0.957. The van der Waals surface area contributed by atoms with Crippen LogP contribution in [-0.4, -0.2) is 28.1 Å². The standard InChI is InChI=1S/C24H25FO4/c25-22-4-2-1-3-19(22)15-20(26)12-10-17-11-14-23(27)21(17)13-7-16-5-8-18(9-6-16)24(28)29/h1-6,8-10,12,17,20-21,26H,7,11,13-15H2,(H,28,29). The number of allylic oxidation sites excluding steroid dienone is 1. The Labute approximate surface area is 169 Å². The molecule has 0 spiro atoms. The summed E-state index contributed by atoms with van der Waals surface area (Å²) in [7, 11) is 0. The van der Waals surface area contributed by atoms with Crippen molar-refractivity contribution in [3.63, 3.8) is 0 Å². The van der Waals surface area contributed by atoms with Gasteiger partial charge < -0.3 is 10.2 Å². The summed E-state index contributed by atoms with van der Waals surface area (Å²) < 4.78 is 13.7. The number of benzene rings is 2. The first-order valence-electron chi connectivity index (χ1n) is 9.89. The number of carbonyl (C=O) groups is 2. The first-order chi connectivity index (χ1) is 13.9. The zero-order chi connectivity index (χ0) is 20.8. The van der Waals surface area contributed by atoms with Crippen LogP contribution >= 0.6 is 0 Å². The molecule has 1 fully saturated rings. The molecule has 3 rings (SSSR count). The van der Waals surface area contributed by atoms with Crippen LogP contribution < -0.4 is 0 Å². The van der Waals surface area contributed by atoms with E-state index in [1.165, 1.54) is 6.07 Å². The Morgan fingerprint density at radius 3 is 2.59 bits per heavy atom. The van der Waals surface area contributed by atoms with Crippen LogP contribution in [0.5, 0.6) is 0 Å². The molecule has 0 aromatic heterocycles. The second-order valence-electron chi connectivity index (χ2n) is 7.56. The van der Waals surface area contributed by atoms with Gasteiger partial charge in [0, 0.05) is 18.8 Å². The fourth-order valence-corrected chi connectivity index (χ4v) is 3.90. The van der Waals surface area contributed by atoms with Gasteiger partial charge in [-0.3, -0.25) is 4.79 Å². The number of aromatic carboxylic acids is 1. The fraction of sp³-hybridized carbons (Fsp3) is 0.333. The minimum Gasteiger partial charge on any atom is -0.478 e. The maximum Gasteiger partial charge on any atom is 0.335 e. The number of rotatable bonds is 8. The highest BCUT2D eigenvalue weighted by molar-refractivity contribution is 5.87. The summed E-state index contributed by atoms with van der Waals surface area (Å²) in [5, 5.41) is 19.2. The summed E-state index contributed by atoms with van der Waals surface area (Å²) in [5.74, 6) is -1.10. The highest BCUT2D eigenvalue weighted by Gasteiger charge is 2.32. The van der Waals surface area contributed by atoms with E-state index >= 15 is 0 Å². The predicted octanol–water partition coefficient (Wildman–Crippen LogP) is 4.21. The highest BCUT2D eigenvalue weighted by atomic mass is 19.1. The number of carboxylic acid groups (broad SMARTS) is 1. The molecule has 0 amide bonds. The Kier molecular flexibility index (Phi) is 6.94. The summed E-state index contributed by atoms with van der Waals surface area (Å²) in [6.07, 6.45) is 5.63. The number of halogens is 1. The number of hydrogen-bond acceptors (Lipinski definition) is 3. The van der Waals surface area contributed by atoms with Gasteiger partial charge in [-0.1, -0.05) is 42.5 Å². The van der Waals surface area contributed by atoms with Crippen LogP contribution in [0.15, 0.2) is 60.7 Å². The monoisotopic (exact) mass is 396 g/mol. The van der Waals surface area contributed by atoms with E-state index in [9.17, 15) is 19.1 Å². The number of carboxylic acids is 1. The van der Waals surface area contributed by atoms with Crippen LogP contribution in [0.4, 0.5) is 4.39 Å². The normalized spacial score (nSPS) is 20.3. The lowest BCUT2D eigenvalue weighted by Crippen LogP contribution is -2.15. The van der Waals surface area contributed by atoms with E-state index in [1.54, 1.807) is 48.5 Å². The zero-order valence-corrected chi connectivity index (χ0v) is 16.1. The van der Waals surface area contributed by atoms with Crippen molar-refractivity contribution in [2.75, 3.05) is 0 Å². The van der Waals surface area contributed by atoms with E-state index in [0.29, 0.717) is 24.8 Å². The summed E-state index contributed by atoms with van der Waals surface area (Å²) in [6, 6.07) is 13.1. The Bertz CT molecular complexity index is 888. The average molecular weight is 396 g/mol. The summed E-state index contributed by atoms with van der Waals surface area (Å²) in [6.45, 7) is 0. The van der Waals surface area contributed by atoms with Crippen LogP contribution in [0.3, 0.4) is 0 Å². The third-order valence-corrected chi connectivity index (χ3v) is 5.57. The quantitative estimate of drug-likeness (QED) is 0.656. The number of Topliss-reactive ketones (excluding diaryl/α,β-unsaturated/α-hetero) is 1. The molecule has 2 aromatic carbocycles. The Hall–Kier alpha value is -2.79. The first kappa shape index (κ1) is 20.9. The van der Waals surface area contributed by atoms with Crippen molar-refractivity contribution in [3.05, 3.63) is 83.2 Å². The average Bonchev–Trinajstić information content (AvgIpc) is 3.06. The molecule has 3 unspecified atom stereocenters. The van der Waals surface area contributed by atoms with Gasteiger partial charge in [0.2, 0.25) is 0 Å². The van der Waals surface area contributed by atoms with Gasteiger partial charge in [-0.15, -0.1) is 0 Å². The van der Waals surface area contributed by atoms with Crippen LogP contribution in [0.1, 0.15) is 40.7 Å². The molecule has 4 nitrogen and oxygen atoms in total. The van der Waals surface area contributed by atoms with Crippen LogP contribution in [0.2, 0.25) is 0 Å². The molecule has 2 aromatic rings. The number of carbonyl (C=O) groups excluding carboxylic acids is 1. The van der Waals surface area contributed by atoms with Crippen LogP contribution in [0, 0.1) is 17.7 Å². The predicted molar refractivity (Wildman–Crippen MR) is 108 cm³/mol. The molecule has 3 atom stereocenters. The van der Waals surface area contributed by atoms with E-state index in [4.69, 9.17) is 5.11 Å². The molecule has 1 aliphatic rings. The van der Waals surface area contributed by atoms with Crippen molar-refractivity contribution in [1.29, 1.82) is 0 Å². The van der Waals surface area contributed by atoms with Gasteiger partial charge in [0.05, 0.1) is 11.7 Å². The van der Waals surface area contributed by atoms with Gasteiger partial charge in [-0.25, -0.2) is 9.18 Å². The summed E-state index contributed by atoms with van der Waals surface area (Å²) >= 11 is 0. The van der Waals surface area contributed by atoms with Crippen molar-refractivity contribution in [3.8, 4) is 0 Å². The zero-order valence-electron chi connectivity index (χ0n) is 16.1. The Balaban J connectivity index is 1.57. The van der Waals surface area contributed by atoms with Gasteiger partial charge >= 0.3 is 5.97 Å². The van der Waals surface area contributed by atoms with E-state index in [1.807, 2.05) is 6.08 Å². The molecule has 152 valence electrons. The molecule has 29 heavy (non-hydrogen) atoms. The molecule has 0 aliphatic heterocycles. The molecule has 2 N–H and O–H groups in total. The molecule has 1 aliphatic carbocycles. The molecular formula is C24H25FO4. The third-order valence-electron chi connectivity index (χ3n) is 5.57. The van der Waals surface area contributed by atoms with Gasteiger partial charge in [-0.2, -0.15) is 0 Å². The molecule has 0 heterocycles. The SMILES string of the molecule is O=C(O)c1ccc(CCC2C(=O)CCC2C=CC(O)Cc2ccccc2F)cc1.